The third-order valence-electron chi connectivity index (χ3n) is 5.66. The van der Waals surface area contributed by atoms with Crippen molar-refractivity contribution in [3.05, 3.63) is 44.5 Å². The van der Waals surface area contributed by atoms with Crippen LogP contribution in [0.25, 0.3) is 0 Å². The second-order valence-electron chi connectivity index (χ2n) is 7.39. The molecule has 2 aliphatic heterocycles. The Morgan fingerprint density at radius 1 is 1.19 bits per heavy atom. The highest BCUT2D eigenvalue weighted by molar-refractivity contribution is 5.96. The molecule has 2 aromatic heterocycles. The molecule has 0 bridgehead atoms. The molecule has 1 saturated heterocycles. The lowest BCUT2D eigenvalue weighted by Gasteiger charge is -2.34. The minimum absolute atomic E-state index is 0.0262. The summed E-state index contributed by atoms with van der Waals surface area (Å²) in [6.45, 7) is 7.68. The Bertz CT molecular complexity index is 908. The van der Waals surface area contributed by atoms with E-state index in [4.69, 9.17) is 4.52 Å². The van der Waals surface area contributed by atoms with Crippen LogP contribution in [0.1, 0.15) is 64.1 Å². The fourth-order valence-electron chi connectivity index (χ4n) is 4.41. The van der Waals surface area contributed by atoms with Crippen molar-refractivity contribution in [2.75, 3.05) is 13.1 Å². The molecule has 138 valence electrons. The van der Waals surface area contributed by atoms with Gasteiger partial charge in [0.2, 0.25) is 0 Å². The molecule has 0 saturated carbocycles. The molecule has 4 heterocycles. The second kappa shape index (κ2) is 6.37. The van der Waals surface area contributed by atoms with Crippen LogP contribution < -0.4 is 5.56 Å². The van der Waals surface area contributed by atoms with Crippen molar-refractivity contribution >= 4 is 5.91 Å². The first kappa shape index (κ1) is 17.0. The van der Waals surface area contributed by atoms with Gasteiger partial charge in [0.1, 0.15) is 17.1 Å². The molecule has 1 amide bonds. The molecule has 0 unspecified atom stereocenters. The number of hydrogen-bond acceptors (Lipinski definition) is 5. The number of carbonyl (C=O) groups is 1. The molecule has 1 atom stereocenters. The smallest absolute Gasteiger partial charge is 0.276 e. The number of likely N-dealkylation sites (tertiary alicyclic amines) is 1. The second-order valence-corrected chi connectivity index (χ2v) is 7.39. The molecule has 26 heavy (non-hydrogen) atoms. The summed E-state index contributed by atoms with van der Waals surface area (Å²) in [5, 5.41) is 3.91. The van der Waals surface area contributed by atoms with Crippen LogP contribution in [0.2, 0.25) is 0 Å². The van der Waals surface area contributed by atoms with Gasteiger partial charge in [-0.05, 0) is 40.0 Å². The van der Waals surface area contributed by atoms with Crippen LogP contribution in [-0.4, -0.2) is 38.6 Å². The Hall–Kier alpha value is -2.44. The lowest BCUT2D eigenvalue weighted by atomic mass is 9.91. The number of fused-ring (bicyclic) bond motifs is 1. The van der Waals surface area contributed by atoms with Crippen LogP contribution in [0.4, 0.5) is 0 Å². The molecular weight excluding hydrogens is 332 g/mol. The van der Waals surface area contributed by atoms with Crippen LogP contribution >= 0.6 is 0 Å². The van der Waals surface area contributed by atoms with Gasteiger partial charge >= 0.3 is 0 Å². The predicted molar refractivity (Wildman–Crippen MR) is 95.4 cm³/mol. The van der Waals surface area contributed by atoms with E-state index in [1.54, 1.807) is 13.8 Å². The van der Waals surface area contributed by atoms with Crippen LogP contribution in [0.3, 0.4) is 0 Å². The van der Waals surface area contributed by atoms with Gasteiger partial charge in [-0.25, -0.2) is 0 Å². The summed E-state index contributed by atoms with van der Waals surface area (Å²) in [7, 11) is 0. The van der Waals surface area contributed by atoms with Crippen LogP contribution in [-0.2, 0) is 13.0 Å². The van der Waals surface area contributed by atoms with Crippen LogP contribution in [0, 0.1) is 20.8 Å². The normalized spacial score (nSPS) is 19.7. The first-order chi connectivity index (χ1) is 12.5. The minimum atomic E-state index is -0.123. The van der Waals surface area contributed by atoms with Crippen molar-refractivity contribution in [2.24, 2.45) is 0 Å². The minimum Gasteiger partial charge on any atom is -0.361 e. The number of amides is 1. The fraction of sp³-hybridized carbons (Fsp3) is 0.579. The van der Waals surface area contributed by atoms with E-state index in [1.165, 1.54) is 0 Å². The Labute approximate surface area is 152 Å². The van der Waals surface area contributed by atoms with Crippen molar-refractivity contribution in [1.82, 2.24) is 19.6 Å². The molecule has 2 aliphatic rings. The van der Waals surface area contributed by atoms with Crippen LogP contribution in [0.5, 0.6) is 0 Å². The van der Waals surface area contributed by atoms with E-state index in [-0.39, 0.29) is 17.4 Å². The quantitative estimate of drug-likeness (QED) is 0.823. The summed E-state index contributed by atoms with van der Waals surface area (Å²) in [6, 6.07) is 0. The van der Waals surface area contributed by atoms with Gasteiger partial charge in [-0.2, -0.15) is 4.98 Å². The SMILES string of the molecule is Cc1noc(C)c1C(=O)N1CCC[C@H](c2c(C)c(=O)nc3n2CCC3)C1. The van der Waals surface area contributed by atoms with Gasteiger partial charge in [0.05, 0.1) is 5.69 Å². The summed E-state index contributed by atoms with van der Waals surface area (Å²) in [6.07, 6.45) is 3.79. The Morgan fingerprint density at radius 3 is 2.73 bits per heavy atom. The number of hydrogen-bond donors (Lipinski definition) is 0. The fourth-order valence-corrected chi connectivity index (χ4v) is 4.41. The maximum absolute atomic E-state index is 13.0. The third kappa shape index (κ3) is 2.66. The van der Waals surface area contributed by atoms with E-state index in [9.17, 15) is 9.59 Å². The average molecular weight is 356 g/mol. The van der Waals surface area contributed by atoms with Gasteiger partial charge in [-0.1, -0.05) is 5.16 Å². The Morgan fingerprint density at radius 2 is 2.00 bits per heavy atom. The summed E-state index contributed by atoms with van der Waals surface area (Å²) in [5.74, 6) is 1.60. The van der Waals surface area contributed by atoms with E-state index in [0.29, 0.717) is 23.6 Å². The van der Waals surface area contributed by atoms with Gasteiger partial charge in [0.15, 0.2) is 0 Å². The van der Waals surface area contributed by atoms with E-state index in [1.807, 2.05) is 11.8 Å². The van der Waals surface area contributed by atoms with Crippen molar-refractivity contribution in [3.8, 4) is 0 Å². The highest BCUT2D eigenvalue weighted by Crippen LogP contribution is 2.31. The largest absolute Gasteiger partial charge is 0.361 e. The first-order valence-corrected chi connectivity index (χ1v) is 9.29. The maximum Gasteiger partial charge on any atom is 0.276 e. The molecule has 7 heteroatoms. The lowest BCUT2D eigenvalue weighted by molar-refractivity contribution is 0.0701. The van der Waals surface area contributed by atoms with Crippen molar-refractivity contribution in [1.29, 1.82) is 0 Å². The predicted octanol–water partition coefficient (Wildman–Crippen LogP) is 2.12. The molecule has 0 radical (unpaired) electrons. The Kier molecular flexibility index (Phi) is 4.17. The van der Waals surface area contributed by atoms with Gasteiger partial charge in [-0.15, -0.1) is 0 Å². The number of nitrogens with zero attached hydrogens (tertiary/aromatic N) is 4. The first-order valence-electron chi connectivity index (χ1n) is 9.29. The highest BCUT2D eigenvalue weighted by Gasteiger charge is 2.32. The molecule has 0 aromatic carbocycles. The van der Waals surface area contributed by atoms with Crippen molar-refractivity contribution in [2.45, 2.75) is 58.9 Å². The van der Waals surface area contributed by atoms with Gasteiger partial charge in [0.25, 0.3) is 11.5 Å². The molecule has 0 aliphatic carbocycles. The molecule has 0 spiro atoms. The monoisotopic (exact) mass is 356 g/mol. The summed E-state index contributed by atoms with van der Waals surface area (Å²) in [4.78, 5) is 31.4. The zero-order valence-electron chi connectivity index (χ0n) is 15.5. The zero-order valence-corrected chi connectivity index (χ0v) is 15.5. The maximum atomic E-state index is 13.0. The lowest BCUT2D eigenvalue weighted by Crippen LogP contribution is -2.41. The zero-order chi connectivity index (χ0) is 18.4. The highest BCUT2D eigenvalue weighted by atomic mass is 16.5. The molecule has 1 fully saturated rings. The summed E-state index contributed by atoms with van der Waals surface area (Å²) in [5.41, 5.74) is 2.88. The van der Waals surface area contributed by atoms with Gasteiger partial charge in [-0.3, -0.25) is 9.59 Å². The van der Waals surface area contributed by atoms with E-state index >= 15 is 0 Å². The number of piperidine rings is 1. The van der Waals surface area contributed by atoms with Gasteiger partial charge in [0, 0.05) is 43.2 Å². The molecule has 4 rings (SSSR count). The molecule has 7 nitrogen and oxygen atoms in total. The summed E-state index contributed by atoms with van der Waals surface area (Å²) >= 11 is 0. The molecule has 2 aromatic rings. The summed E-state index contributed by atoms with van der Waals surface area (Å²) < 4.78 is 7.38. The number of aryl methyl sites for hydroxylation is 3. The third-order valence-corrected chi connectivity index (χ3v) is 5.66. The van der Waals surface area contributed by atoms with E-state index < -0.39 is 0 Å². The van der Waals surface area contributed by atoms with Gasteiger partial charge < -0.3 is 14.0 Å². The number of aromatic nitrogens is 3. The van der Waals surface area contributed by atoms with E-state index in [2.05, 4.69) is 14.7 Å². The van der Waals surface area contributed by atoms with E-state index in [0.717, 1.165) is 55.9 Å². The topological polar surface area (TPSA) is 81.2 Å². The van der Waals surface area contributed by atoms with Crippen LogP contribution in [0.15, 0.2) is 9.32 Å². The number of carbonyl (C=O) groups excluding carboxylic acids is 1. The average Bonchev–Trinajstić information content (AvgIpc) is 3.21. The Balaban J connectivity index is 1.67. The van der Waals surface area contributed by atoms with Crippen molar-refractivity contribution in [3.63, 3.8) is 0 Å². The van der Waals surface area contributed by atoms with Crippen molar-refractivity contribution < 1.29 is 9.32 Å². The standard InChI is InChI=1S/C19H24N4O3/c1-11-17(23-9-5-7-15(23)20-18(11)24)14-6-4-8-22(10-14)19(25)16-12(2)21-26-13(16)3/h14H,4-10H2,1-3H3/t14-/m0/s1. The number of rotatable bonds is 2. The molecular formula is C19H24N4O3. The molecule has 0 N–H and O–H groups in total.